The molecule has 2 aliphatic carbocycles. The number of anilines is 6. The van der Waals surface area contributed by atoms with E-state index in [-0.39, 0.29) is 28.4 Å². The van der Waals surface area contributed by atoms with E-state index >= 15 is 0 Å². The lowest BCUT2D eigenvalue weighted by Crippen LogP contribution is -2.60. The number of nitrogens with zero attached hydrogens (tertiary/aromatic N) is 4. The molecule has 0 bridgehead atoms. The maximum absolute atomic E-state index is 6.94. The highest BCUT2D eigenvalue weighted by molar-refractivity contribution is 7.00. The molecule has 6 nitrogen and oxygen atoms in total. The third-order valence-electron chi connectivity index (χ3n) is 22.5. The summed E-state index contributed by atoms with van der Waals surface area (Å²) in [7, 11) is 0. The molecule has 6 heterocycles. The third-order valence-corrected chi connectivity index (χ3v) is 23.0. The number of aryl methyl sites for hydroxylation is 2. The van der Waals surface area contributed by atoms with Crippen LogP contribution in [-0.2, 0) is 21.7 Å². The standard InChI is InChI=1S/C46H36BClN2O.C46H39ClN2O/c1-25-20-36-42-37(21-25)50-43-30(41-44(50)28-12-7-9-14-31(28)46(41,5)6)22-26(45(2,3)4)23-33(43)47(42)32-19-18-27(48)24-35(32)49(36)34-15-11-17-39-40(34)29-13-8-10-16-38(29)51-39;1-28-23-32(48(31-14-11-13-30(47)26-31)39-18-12-20-41-42(39)35-16-8-10-19-40(35)50-41)27-33(24-28)49-38-22-21-29(45(2,3)4)25-36(38)43-44(49)34-15-7-9-17-37(34)46(43,5)6/h7-24H,1-6H3;7-27H,1-6H3. The van der Waals surface area contributed by atoms with E-state index in [2.05, 4.69) is 302 Å². The first-order valence-corrected chi connectivity index (χ1v) is 36.1. The molecule has 2 aliphatic heterocycles. The topological polar surface area (TPSA) is 42.6 Å². The summed E-state index contributed by atoms with van der Waals surface area (Å²) >= 11 is 13.6. The SMILES string of the molecule is Cc1cc(N(c2cccc(Cl)c2)c2cccc3oc4ccccc4c23)cc(-n2c3c(c4cc(C(C)(C)C)ccc42)C(C)(C)c2ccccc2-3)c1.Cc1cc2c3c(c1)-n1c4c(c5cc(C(C)(C)C)cc(c51)B3c1ccc(Cl)cc1N2c1cccc2oc3ccccc3c12)C(C)(C)c1ccccc1-4. The van der Waals surface area contributed by atoms with Gasteiger partial charge in [0.15, 0.2) is 0 Å². The molecule has 4 aliphatic rings. The molecule has 0 spiro atoms. The van der Waals surface area contributed by atoms with Crippen LogP contribution in [-0.4, -0.2) is 15.8 Å². The Morgan fingerprint density at radius 2 is 0.990 bits per heavy atom. The summed E-state index contributed by atoms with van der Waals surface area (Å²) < 4.78 is 18.0. The highest BCUT2D eigenvalue weighted by atomic mass is 35.5. The number of hydrogen-bond donors (Lipinski definition) is 0. The maximum Gasteiger partial charge on any atom is 0.252 e. The van der Waals surface area contributed by atoms with E-state index in [9.17, 15) is 0 Å². The van der Waals surface area contributed by atoms with Gasteiger partial charge in [-0.05, 0) is 201 Å². The Hall–Kier alpha value is -10.4. The van der Waals surface area contributed by atoms with Gasteiger partial charge in [0.2, 0.25) is 0 Å². The fourth-order valence-electron chi connectivity index (χ4n) is 18.1. The highest BCUT2D eigenvalue weighted by Crippen LogP contribution is 2.58. The number of rotatable bonds is 5. The van der Waals surface area contributed by atoms with Crippen molar-refractivity contribution in [3.63, 3.8) is 0 Å². The Morgan fingerprint density at radius 3 is 1.68 bits per heavy atom. The van der Waals surface area contributed by atoms with E-state index in [1.165, 1.54) is 117 Å². The van der Waals surface area contributed by atoms with E-state index in [0.29, 0.717) is 5.02 Å². The van der Waals surface area contributed by atoms with Crippen LogP contribution in [0.25, 0.3) is 99.6 Å². The molecule has 0 saturated carbocycles. The third kappa shape index (κ3) is 8.91. The van der Waals surface area contributed by atoms with E-state index in [1.54, 1.807) is 0 Å². The summed E-state index contributed by atoms with van der Waals surface area (Å²) in [6.45, 7) is 28.0. The van der Waals surface area contributed by atoms with Gasteiger partial charge in [-0.3, -0.25) is 0 Å². The van der Waals surface area contributed by atoms with Gasteiger partial charge < -0.3 is 27.8 Å². The molecule has 0 N–H and O–H groups in total. The lowest BCUT2D eigenvalue weighted by Gasteiger charge is -2.41. The fraction of sp³-hybridized carbons (Fsp3) is 0.174. The van der Waals surface area contributed by atoms with Gasteiger partial charge >= 0.3 is 0 Å². The van der Waals surface area contributed by atoms with Gasteiger partial charge in [0.05, 0.1) is 39.1 Å². The average molecular weight is 1350 g/mol. The Kier molecular flexibility index (Phi) is 13.2. The van der Waals surface area contributed by atoms with Crippen LogP contribution in [0.5, 0.6) is 0 Å². The zero-order valence-electron chi connectivity index (χ0n) is 59.0. The first-order chi connectivity index (χ1) is 48.5. The van der Waals surface area contributed by atoms with Crippen LogP contribution in [0, 0.1) is 13.8 Å². The molecule has 4 aromatic heterocycles. The van der Waals surface area contributed by atoms with Crippen LogP contribution < -0.4 is 26.2 Å². The largest absolute Gasteiger partial charge is 0.456 e. The number of hydrogen-bond acceptors (Lipinski definition) is 4. The summed E-state index contributed by atoms with van der Waals surface area (Å²) in [5.74, 6) is 0. The van der Waals surface area contributed by atoms with E-state index < -0.39 is 0 Å². The Labute approximate surface area is 599 Å². The highest BCUT2D eigenvalue weighted by Gasteiger charge is 2.48. The van der Waals surface area contributed by atoms with Crippen molar-refractivity contribution < 1.29 is 8.83 Å². The Balaban J connectivity index is 0.000000140. The van der Waals surface area contributed by atoms with Crippen molar-refractivity contribution in [3.8, 4) is 33.9 Å². The molecule has 492 valence electrons. The number of aromatic nitrogens is 2. The number of para-hydroxylation sites is 2. The van der Waals surface area contributed by atoms with Crippen LogP contribution in [0.1, 0.15) is 114 Å². The lowest BCUT2D eigenvalue weighted by molar-refractivity contribution is 0.590. The minimum absolute atomic E-state index is 0.0325. The molecule has 0 atom stereocenters. The van der Waals surface area contributed by atoms with Crippen LogP contribution in [0.2, 0.25) is 10.0 Å². The molecule has 0 fully saturated rings. The van der Waals surface area contributed by atoms with Crippen LogP contribution >= 0.6 is 23.2 Å². The van der Waals surface area contributed by atoms with Crippen molar-refractivity contribution in [2.24, 2.45) is 0 Å². The minimum atomic E-state index is -0.149. The molecule has 20 rings (SSSR count). The number of furan rings is 2. The monoisotopic (exact) mass is 1350 g/mol. The second-order valence-corrected chi connectivity index (χ2v) is 32.6. The first kappa shape index (κ1) is 61.6. The smallest absolute Gasteiger partial charge is 0.252 e. The molecular formula is C92H75BCl2N4O2. The maximum atomic E-state index is 6.94. The van der Waals surface area contributed by atoms with Crippen LogP contribution in [0.3, 0.4) is 0 Å². The zero-order valence-corrected chi connectivity index (χ0v) is 60.5. The molecular weight excluding hydrogens is 1270 g/mol. The molecule has 0 radical (unpaired) electrons. The van der Waals surface area contributed by atoms with Crippen molar-refractivity contribution in [2.45, 2.75) is 105 Å². The van der Waals surface area contributed by atoms with Crippen molar-refractivity contribution in [2.75, 3.05) is 9.80 Å². The van der Waals surface area contributed by atoms with Crippen LogP contribution in [0.4, 0.5) is 34.1 Å². The van der Waals surface area contributed by atoms with Gasteiger partial charge in [-0.1, -0.05) is 214 Å². The van der Waals surface area contributed by atoms with Gasteiger partial charge in [-0.25, -0.2) is 0 Å². The Bertz CT molecular complexity index is 6280. The molecule has 16 aromatic rings. The van der Waals surface area contributed by atoms with Crippen LogP contribution in [0.15, 0.2) is 245 Å². The van der Waals surface area contributed by atoms with Crippen molar-refractivity contribution >= 4 is 146 Å². The quantitative estimate of drug-likeness (QED) is 0.161. The molecule has 101 heavy (non-hydrogen) atoms. The number of halogens is 2. The minimum Gasteiger partial charge on any atom is -0.456 e. The lowest BCUT2D eigenvalue weighted by atomic mass is 9.33. The van der Waals surface area contributed by atoms with Gasteiger partial charge in [0, 0.05) is 93.2 Å². The zero-order chi connectivity index (χ0) is 69.2. The van der Waals surface area contributed by atoms with Gasteiger partial charge in [0.25, 0.3) is 6.71 Å². The molecule has 0 amide bonds. The molecule has 9 heteroatoms. The normalized spacial score (nSPS) is 14.4. The van der Waals surface area contributed by atoms with Crippen molar-refractivity contribution in [1.82, 2.24) is 9.13 Å². The summed E-state index contributed by atoms with van der Waals surface area (Å²) in [5, 5.41) is 8.48. The van der Waals surface area contributed by atoms with E-state index in [0.717, 1.165) is 83.0 Å². The van der Waals surface area contributed by atoms with Gasteiger partial charge in [-0.2, -0.15) is 0 Å². The predicted octanol–water partition coefficient (Wildman–Crippen LogP) is 24.3. The first-order valence-electron chi connectivity index (χ1n) is 35.4. The summed E-state index contributed by atoms with van der Waals surface area (Å²) in [4.78, 5) is 4.79. The second-order valence-electron chi connectivity index (χ2n) is 31.7. The molecule has 12 aromatic carbocycles. The van der Waals surface area contributed by atoms with Gasteiger partial charge in [0.1, 0.15) is 22.3 Å². The number of benzene rings is 12. The summed E-state index contributed by atoms with van der Waals surface area (Å²) in [6, 6.07) is 85.9. The summed E-state index contributed by atoms with van der Waals surface area (Å²) in [5.41, 5.74) is 34.5. The average Bonchev–Trinajstić information content (AvgIpc) is 1.19. The number of fused-ring (bicyclic) bond motifs is 20. The Morgan fingerprint density at radius 1 is 0.416 bits per heavy atom. The van der Waals surface area contributed by atoms with E-state index in [4.69, 9.17) is 32.0 Å². The summed E-state index contributed by atoms with van der Waals surface area (Å²) in [6.07, 6.45) is 0. The predicted molar refractivity (Wildman–Crippen MR) is 427 cm³/mol. The molecule has 0 unspecified atom stereocenters. The second kappa shape index (κ2) is 21.5. The van der Waals surface area contributed by atoms with Gasteiger partial charge in [-0.15, -0.1) is 0 Å². The van der Waals surface area contributed by atoms with E-state index in [1.807, 2.05) is 36.4 Å². The fourth-order valence-corrected chi connectivity index (χ4v) is 18.4. The van der Waals surface area contributed by atoms with Crippen molar-refractivity contribution in [1.29, 1.82) is 0 Å². The van der Waals surface area contributed by atoms with Crippen molar-refractivity contribution in [3.05, 3.63) is 291 Å². The molecule has 0 saturated heterocycles.